The van der Waals surface area contributed by atoms with Gasteiger partial charge in [0.05, 0.1) is 11.1 Å². The van der Waals surface area contributed by atoms with Crippen LogP contribution in [0.3, 0.4) is 0 Å². The Hall–Kier alpha value is -1.93. The molecule has 3 aromatic rings. The smallest absolute Gasteiger partial charge is 0.263 e. The summed E-state index contributed by atoms with van der Waals surface area (Å²) in [6.45, 7) is 6.54. The molecule has 0 spiro atoms. The van der Waals surface area contributed by atoms with Crippen LogP contribution in [0.25, 0.3) is 10.2 Å². The van der Waals surface area contributed by atoms with Gasteiger partial charge in [-0.3, -0.25) is 9.36 Å². The van der Waals surface area contributed by atoms with Crippen molar-refractivity contribution in [3.63, 3.8) is 0 Å². The largest absolute Gasteiger partial charge is 0.424 e. The molecule has 0 N–H and O–H groups in total. The lowest BCUT2D eigenvalue weighted by Crippen LogP contribution is -2.23. The molecule has 3 heterocycles. The maximum absolute atomic E-state index is 13.3. The van der Waals surface area contributed by atoms with Crippen LogP contribution in [0.4, 0.5) is 0 Å². The van der Waals surface area contributed by atoms with Gasteiger partial charge in [0.15, 0.2) is 5.16 Å². The van der Waals surface area contributed by atoms with E-state index in [9.17, 15) is 4.79 Å². The number of allylic oxidation sites excluding steroid dienone is 1. The van der Waals surface area contributed by atoms with Crippen LogP contribution in [0.15, 0.2) is 27.0 Å². The number of hydrogen-bond donors (Lipinski definition) is 0. The van der Waals surface area contributed by atoms with Crippen LogP contribution in [0.1, 0.15) is 54.3 Å². The van der Waals surface area contributed by atoms with Crippen LogP contribution in [-0.4, -0.2) is 19.7 Å². The number of aromatic nitrogens is 4. The average molecular weight is 415 g/mol. The fraction of sp³-hybridized carbons (Fsp3) is 0.500. The minimum Gasteiger partial charge on any atom is -0.424 e. The molecule has 0 aliphatic heterocycles. The topological polar surface area (TPSA) is 73.8 Å². The molecule has 0 aromatic carbocycles. The van der Waals surface area contributed by atoms with E-state index >= 15 is 0 Å². The van der Waals surface area contributed by atoms with Crippen LogP contribution < -0.4 is 5.56 Å². The lowest BCUT2D eigenvalue weighted by Gasteiger charge is -2.17. The lowest BCUT2D eigenvalue weighted by molar-refractivity contribution is 0.466. The molecular weight excluding hydrogens is 392 g/mol. The zero-order valence-electron chi connectivity index (χ0n) is 15.8. The molecule has 1 unspecified atom stereocenters. The predicted octanol–water partition coefficient (Wildman–Crippen LogP) is 4.32. The molecule has 0 saturated heterocycles. The zero-order valence-corrected chi connectivity index (χ0v) is 17.4. The van der Waals surface area contributed by atoms with Gasteiger partial charge in [0.25, 0.3) is 5.56 Å². The molecule has 0 bridgehead atoms. The molecule has 1 atom stereocenters. The molecule has 5 rings (SSSR count). The summed E-state index contributed by atoms with van der Waals surface area (Å²) in [5.74, 6) is 2.95. The number of hydrogen-bond acceptors (Lipinski definition) is 7. The van der Waals surface area contributed by atoms with Crippen molar-refractivity contribution in [1.82, 2.24) is 19.7 Å². The highest BCUT2D eigenvalue weighted by Gasteiger charge is 2.29. The molecule has 1 saturated carbocycles. The maximum Gasteiger partial charge on any atom is 0.263 e. The molecule has 0 radical (unpaired) electrons. The van der Waals surface area contributed by atoms with E-state index in [2.05, 4.69) is 23.7 Å². The second-order valence-electron chi connectivity index (χ2n) is 7.73. The van der Waals surface area contributed by atoms with Gasteiger partial charge < -0.3 is 4.42 Å². The normalized spacial score (nSPS) is 19.1. The Morgan fingerprint density at radius 1 is 1.36 bits per heavy atom. The first kappa shape index (κ1) is 18.1. The molecule has 0 amide bonds. The number of thiophene rings is 1. The van der Waals surface area contributed by atoms with Gasteiger partial charge in [-0.1, -0.05) is 24.8 Å². The molecule has 2 aliphatic rings. The fourth-order valence-corrected chi connectivity index (χ4v) is 6.02. The summed E-state index contributed by atoms with van der Waals surface area (Å²) in [7, 11) is 0. The Labute approximate surface area is 171 Å². The highest BCUT2D eigenvalue weighted by Crippen LogP contribution is 2.40. The van der Waals surface area contributed by atoms with Crippen molar-refractivity contribution in [3.8, 4) is 0 Å². The van der Waals surface area contributed by atoms with E-state index in [1.807, 2.05) is 0 Å². The van der Waals surface area contributed by atoms with E-state index in [1.54, 1.807) is 22.0 Å². The number of thioether (sulfide) groups is 1. The van der Waals surface area contributed by atoms with E-state index in [0.29, 0.717) is 35.2 Å². The van der Waals surface area contributed by atoms with Crippen LogP contribution in [0.5, 0.6) is 0 Å². The standard InChI is InChI=1S/C20H22N4O2S2/c1-3-8-24-19(25)16-13-7-4-11(2)9-14(13)28-18(16)21-20(24)27-10-15-22-23-17(26-15)12-5-6-12/h3,11-12H,1,4-10H2,2H3. The third-order valence-electron chi connectivity index (χ3n) is 5.43. The Kier molecular flexibility index (Phi) is 4.63. The first-order valence-corrected chi connectivity index (χ1v) is 11.5. The number of rotatable bonds is 6. The van der Waals surface area contributed by atoms with Crippen molar-refractivity contribution in [1.29, 1.82) is 0 Å². The van der Waals surface area contributed by atoms with Gasteiger partial charge in [0.1, 0.15) is 4.83 Å². The summed E-state index contributed by atoms with van der Waals surface area (Å²) in [4.78, 5) is 20.3. The Morgan fingerprint density at radius 3 is 3.00 bits per heavy atom. The second-order valence-corrected chi connectivity index (χ2v) is 9.75. The summed E-state index contributed by atoms with van der Waals surface area (Å²) >= 11 is 3.16. The fourth-order valence-electron chi connectivity index (χ4n) is 3.75. The highest BCUT2D eigenvalue weighted by molar-refractivity contribution is 7.98. The van der Waals surface area contributed by atoms with Crippen LogP contribution in [0.2, 0.25) is 0 Å². The number of aryl methyl sites for hydroxylation is 1. The minimum absolute atomic E-state index is 0.0450. The summed E-state index contributed by atoms with van der Waals surface area (Å²) in [5.41, 5.74) is 1.26. The predicted molar refractivity (Wildman–Crippen MR) is 111 cm³/mol. The number of fused-ring (bicyclic) bond motifs is 3. The van der Waals surface area contributed by atoms with Gasteiger partial charge in [-0.15, -0.1) is 28.1 Å². The summed E-state index contributed by atoms with van der Waals surface area (Å²) in [6.07, 6.45) is 7.17. The van der Waals surface area contributed by atoms with E-state index in [1.165, 1.54) is 22.2 Å². The molecule has 146 valence electrons. The Morgan fingerprint density at radius 2 is 2.21 bits per heavy atom. The van der Waals surface area contributed by atoms with Gasteiger partial charge in [0, 0.05) is 17.3 Å². The van der Waals surface area contributed by atoms with Gasteiger partial charge in [-0.2, -0.15) is 0 Å². The molecule has 6 nitrogen and oxygen atoms in total. The first-order chi connectivity index (χ1) is 13.6. The van der Waals surface area contributed by atoms with E-state index in [0.717, 1.165) is 48.2 Å². The van der Waals surface area contributed by atoms with Gasteiger partial charge in [0.2, 0.25) is 11.8 Å². The van der Waals surface area contributed by atoms with E-state index in [-0.39, 0.29) is 5.56 Å². The molecule has 1 fully saturated rings. The van der Waals surface area contributed by atoms with Crippen molar-refractivity contribution in [2.75, 3.05) is 0 Å². The monoisotopic (exact) mass is 414 g/mol. The van der Waals surface area contributed by atoms with Gasteiger partial charge >= 0.3 is 0 Å². The molecule has 28 heavy (non-hydrogen) atoms. The quantitative estimate of drug-likeness (QED) is 0.340. The average Bonchev–Trinajstić information content (AvgIpc) is 3.31. The van der Waals surface area contributed by atoms with Crippen molar-refractivity contribution >= 4 is 33.3 Å². The van der Waals surface area contributed by atoms with Crippen LogP contribution >= 0.6 is 23.1 Å². The van der Waals surface area contributed by atoms with Gasteiger partial charge in [-0.05, 0) is 43.6 Å². The molecule has 8 heteroatoms. The third-order valence-corrected chi connectivity index (χ3v) is 7.54. The molecular formula is C20H22N4O2S2. The van der Waals surface area contributed by atoms with Crippen molar-refractivity contribution in [3.05, 3.63) is 45.2 Å². The molecule has 2 aliphatic carbocycles. The number of nitrogens with zero attached hydrogens (tertiary/aromatic N) is 4. The van der Waals surface area contributed by atoms with E-state index < -0.39 is 0 Å². The van der Waals surface area contributed by atoms with Gasteiger partial charge in [-0.25, -0.2) is 4.98 Å². The third kappa shape index (κ3) is 3.22. The summed E-state index contributed by atoms with van der Waals surface area (Å²) in [5, 5.41) is 9.78. The Bertz CT molecular complexity index is 1110. The SMILES string of the molecule is C=CCn1c(SCc2nnc(C3CC3)o2)nc2sc3c(c2c1=O)CCC(C)C3. The van der Waals surface area contributed by atoms with Crippen LogP contribution in [-0.2, 0) is 25.1 Å². The maximum atomic E-state index is 13.3. The van der Waals surface area contributed by atoms with Crippen molar-refractivity contribution in [2.45, 2.75) is 62.4 Å². The second kappa shape index (κ2) is 7.15. The molecule has 3 aromatic heterocycles. The summed E-state index contributed by atoms with van der Waals surface area (Å²) in [6, 6.07) is 0. The van der Waals surface area contributed by atoms with Crippen molar-refractivity contribution < 1.29 is 4.42 Å². The summed E-state index contributed by atoms with van der Waals surface area (Å²) < 4.78 is 7.47. The highest BCUT2D eigenvalue weighted by atomic mass is 32.2. The first-order valence-electron chi connectivity index (χ1n) is 9.75. The van der Waals surface area contributed by atoms with Crippen LogP contribution in [0, 0.1) is 5.92 Å². The lowest BCUT2D eigenvalue weighted by atomic mass is 9.89. The van der Waals surface area contributed by atoms with E-state index in [4.69, 9.17) is 9.40 Å². The zero-order chi connectivity index (χ0) is 19.3. The minimum atomic E-state index is 0.0450. The van der Waals surface area contributed by atoms with Crippen molar-refractivity contribution in [2.24, 2.45) is 5.92 Å². The Balaban J connectivity index is 1.50.